The SMILES string of the molecule is CN[C@@H](C)CN[C@H](C(=O)N1CCc2ccccc2[C@H]1C(=O)Nc1c(F)cccc1F)C(C)C.Cl. The molecule has 3 atom stereocenters. The third kappa shape index (κ3) is 6.11. The molecular formula is C25H33ClF2N4O2. The quantitative estimate of drug-likeness (QED) is 0.523. The molecule has 2 aromatic carbocycles. The molecule has 0 radical (unpaired) electrons. The fourth-order valence-electron chi connectivity index (χ4n) is 4.09. The highest BCUT2D eigenvalue weighted by Gasteiger charge is 2.39. The molecule has 0 saturated carbocycles. The molecule has 2 aromatic rings. The van der Waals surface area contributed by atoms with Crippen molar-refractivity contribution in [2.24, 2.45) is 5.92 Å². The first-order valence-corrected chi connectivity index (χ1v) is 11.3. The third-order valence-electron chi connectivity index (χ3n) is 6.10. The summed E-state index contributed by atoms with van der Waals surface area (Å²) in [7, 11) is 1.85. The summed E-state index contributed by atoms with van der Waals surface area (Å²) in [5.74, 6) is -2.62. The van der Waals surface area contributed by atoms with Gasteiger partial charge in [-0.1, -0.05) is 44.2 Å². The molecule has 0 saturated heterocycles. The lowest BCUT2D eigenvalue weighted by Crippen LogP contribution is -2.55. The number of amides is 2. The van der Waals surface area contributed by atoms with Crippen LogP contribution in [0.2, 0.25) is 0 Å². The van der Waals surface area contributed by atoms with Gasteiger partial charge in [0.25, 0.3) is 5.91 Å². The normalized spacial score (nSPS) is 16.9. The van der Waals surface area contributed by atoms with Crippen molar-refractivity contribution in [1.82, 2.24) is 15.5 Å². The molecular weight excluding hydrogens is 462 g/mol. The summed E-state index contributed by atoms with van der Waals surface area (Å²) in [5, 5.41) is 8.83. The van der Waals surface area contributed by atoms with Crippen LogP contribution < -0.4 is 16.0 Å². The summed E-state index contributed by atoms with van der Waals surface area (Å²) < 4.78 is 28.4. The summed E-state index contributed by atoms with van der Waals surface area (Å²) in [6, 6.07) is 9.42. The van der Waals surface area contributed by atoms with Crippen molar-refractivity contribution in [3.63, 3.8) is 0 Å². The van der Waals surface area contributed by atoms with E-state index in [1.54, 1.807) is 12.1 Å². The molecule has 0 unspecified atom stereocenters. The molecule has 0 aromatic heterocycles. The molecule has 0 spiro atoms. The first-order chi connectivity index (χ1) is 15.7. The van der Waals surface area contributed by atoms with Crippen LogP contribution in [0.4, 0.5) is 14.5 Å². The van der Waals surface area contributed by atoms with Crippen molar-refractivity contribution < 1.29 is 18.4 Å². The molecule has 1 aliphatic rings. The number of para-hydroxylation sites is 1. The number of anilines is 1. The van der Waals surface area contributed by atoms with Crippen molar-refractivity contribution in [3.05, 3.63) is 65.2 Å². The Morgan fingerprint density at radius 3 is 2.32 bits per heavy atom. The lowest BCUT2D eigenvalue weighted by atomic mass is 9.90. The van der Waals surface area contributed by atoms with E-state index in [2.05, 4.69) is 16.0 Å². The number of likely N-dealkylation sites (N-methyl/N-ethyl adjacent to an activating group) is 1. The summed E-state index contributed by atoms with van der Waals surface area (Å²) in [6.07, 6.45) is 0.595. The second kappa shape index (κ2) is 12.2. The Morgan fingerprint density at radius 2 is 1.71 bits per heavy atom. The van der Waals surface area contributed by atoms with E-state index in [1.807, 2.05) is 40.0 Å². The monoisotopic (exact) mass is 494 g/mol. The van der Waals surface area contributed by atoms with Crippen molar-refractivity contribution in [3.8, 4) is 0 Å². The minimum atomic E-state index is -0.994. The predicted molar refractivity (Wildman–Crippen MR) is 132 cm³/mol. The van der Waals surface area contributed by atoms with Gasteiger partial charge in [0.1, 0.15) is 23.4 Å². The Bertz CT molecular complexity index is 984. The van der Waals surface area contributed by atoms with Crippen LogP contribution in [-0.4, -0.2) is 48.9 Å². The number of benzene rings is 2. The molecule has 0 aliphatic carbocycles. The van der Waals surface area contributed by atoms with Gasteiger partial charge in [-0.25, -0.2) is 8.78 Å². The van der Waals surface area contributed by atoms with Gasteiger partial charge in [-0.3, -0.25) is 9.59 Å². The Morgan fingerprint density at radius 1 is 1.06 bits per heavy atom. The van der Waals surface area contributed by atoms with Crippen molar-refractivity contribution >= 4 is 29.9 Å². The van der Waals surface area contributed by atoms with Crippen LogP contribution in [0.1, 0.15) is 37.9 Å². The Kier molecular flexibility index (Phi) is 9.97. The van der Waals surface area contributed by atoms with Crippen LogP contribution in [0.25, 0.3) is 0 Å². The minimum absolute atomic E-state index is 0. The molecule has 3 rings (SSSR count). The molecule has 2 amide bonds. The van der Waals surface area contributed by atoms with Crippen molar-refractivity contribution in [1.29, 1.82) is 0 Å². The predicted octanol–water partition coefficient (Wildman–Crippen LogP) is 3.67. The second-order valence-electron chi connectivity index (χ2n) is 8.79. The van der Waals surface area contributed by atoms with Crippen molar-refractivity contribution in [2.75, 3.05) is 25.5 Å². The maximum atomic E-state index is 14.2. The van der Waals surface area contributed by atoms with Crippen LogP contribution >= 0.6 is 12.4 Å². The zero-order valence-electron chi connectivity index (χ0n) is 19.9. The molecule has 186 valence electrons. The van der Waals surface area contributed by atoms with Gasteiger partial charge in [-0.15, -0.1) is 12.4 Å². The fraction of sp³-hybridized carbons (Fsp3) is 0.440. The molecule has 0 fully saturated rings. The summed E-state index contributed by atoms with van der Waals surface area (Å²) >= 11 is 0. The standard InChI is InChI=1S/C25H32F2N4O2.ClH/c1-15(2)21(29-14-16(3)28-4)25(33)31-13-12-17-8-5-6-9-18(17)23(31)24(32)30-22-19(26)10-7-11-20(22)27;/h5-11,15-16,21,23,28-29H,12-14H2,1-4H3,(H,30,32);1H/t16-,21-,23-;/m0./s1. The minimum Gasteiger partial charge on any atom is -0.325 e. The first kappa shape index (κ1) is 27.7. The first-order valence-electron chi connectivity index (χ1n) is 11.3. The van der Waals surface area contributed by atoms with Crippen LogP contribution in [0.15, 0.2) is 42.5 Å². The van der Waals surface area contributed by atoms with E-state index in [9.17, 15) is 18.4 Å². The number of hydrogen-bond donors (Lipinski definition) is 3. The number of fused-ring (bicyclic) bond motifs is 1. The van der Waals surface area contributed by atoms with Crippen LogP contribution in [0, 0.1) is 17.6 Å². The molecule has 0 bridgehead atoms. The van der Waals surface area contributed by atoms with Crippen LogP contribution in [-0.2, 0) is 16.0 Å². The van der Waals surface area contributed by atoms with Gasteiger partial charge in [0.05, 0.1) is 6.04 Å². The second-order valence-corrected chi connectivity index (χ2v) is 8.79. The highest BCUT2D eigenvalue weighted by Crippen LogP contribution is 2.32. The largest absolute Gasteiger partial charge is 0.325 e. The number of rotatable bonds is 8. The van der Waals surface area contributed by atoms with E-state index in [4.69, 9.17) is 0 Å². The average molecular weight is 495 g/mol. The van der Waals surface area contributed by atoms with E-state index < -0.39 is 35.3 Å². The smallest absolute Gasteiger partial charge is 0.251 e. The van der Waals surface area contributed by atoms with Crippen LogP contribution in [0.5, 0.6) is 0 Å². The molecule has 6 nitrogen and oxygen atoms in total. The molecule has 9 heteroatoms. The van der Waals surface area contributed by atoms with E-state index in [0.29, 0.717) is 25.1 Å². The van der Waals surface area contributed by atoms with E-state index >= 15 is 0 Å². The van der Waals surface area contributed by atoms with Gasteiger partial charge in [0.15, 0.2) is 0 Å². The lowest BCUT2D eigenvalue weighted by Gasteiger charge is -2.39. The highest BCUT2D eigenvalue weighted by atomic mass is 35.5. The van der Waals surface area contributed by atoms with Gasteiger partial charge in [-0.2, -0.15) is 0 Å². The number of carbonyl (C=O) groups is 2. The lowest BCUT2D eigenvalue weighted by molar-refractivity contribution is -0.142. The van der Waals surface area contributed by atoms with Crippen LogP contribution in [0.3, 0.4) is 0 Å². The number of hydrogen-bond acceptors (Lipinski definition) is 4. The van der Waals surface area contributed by atoms with Gasteiger partial charge < -0.3 is 20.9 Å². The number of halogens is 3. The maximum absolute atomic E-state index is 14.2. The van der Waals surface area contributed by atoms with E-state index in [-0.39, 0.29) is 30.3 Å². The maximum Gasteiger partial charge on any atom is 0.251 e. The van der Waals surface area contributed by atoms with Gasteiger partial charge in [-0.05, 0) is 49.6 Å². The van der Waals surface area contributed by atoms with Crippen molar-refractivity contribution in [2.45, 2.75) is 45.3 Å². The Labute approximate surface area is 205 Å². The topological polar surface area (TPSA) is 73.5 Å². The summed E-state index contributed by atoms with van der Waals surface area (Å²) in [6.45, 7) is 6.81. The summed E-state index contributed by atoms with van der Waals surface area (Å²) in [5.41, 5.74) is 1.09. The highest BCUT2D eigenvalue weighted by molar-refractivity contribution is 5.99. The number of nitrogens with one attached hydrogen (secondary N) is 3. The van der Waals surface area contributed by atoms with Gasteiger partial charge in [0, 0.05) is 19.1 Å². The summed E-state index contributed by atoms with van der Waals surface area (Å²) in [4.78, 5) is 28.6. The molecule has 3 N–H and O–H groups in total. The number of nitrogens with zero attached hydrogens (tertiary/aromatic N) is 1. The van der Waals surface area contributed by atoms with Gasteiger partial charge in [0.2, 0.25) is 5.91 Å². The Balaban J connectivity index is 0.00000408. The zero-order valence-corrected chi connectivity index (χ0v) is 20.7. The molecule has 1 aliphatic heterocycles. The van der Waals surface area contributed by atoms with E-state index in [0.717, 1.165) is 17.7 Å². The van der Waals surface area contributed by atoms with Gasteiger partial charge >= 0.3 is 0 Å². The zero-order chi connectivity index (χ0) is 24.1. The average Bonchev–Trinajstić information content (AvgIpc) is 2.80. The molecule has 1 heterocycles. The Hall–Kier alpha value is -2.55. The molecule has 34 heavy (non-hydrogen) atoms. The number of carbonyl (C=O) groups excluding carboxylic acids is 2. The third-order valence-corrected chi connectivity index (χ3v) is 6.10. The fourth-order valence-corrected chi connectivity index (χ4v) is 4.09. The van der Waals surface area contributed by atoms with E-state index in [1.165, 1.54) is 11.0 Å².